The second-order valence-electron chi connectivity index (χ2n) is 6.62. The van der Waals surface area contributed by atoms with E-state index in [0.717, 1.165) is 29.4 Å². The first-order valence-electron chi connectivity index (χ1n) is 8.87. The van der Waals surface area contributed by atoms with Gasteiger partial charge < -0.3 is 4.90 Å². The van der Waals surface area contributed by atoms with E-state index in [1.54, 1.807) is 18.2 Å². The van der Waals surface area contributed by atoms with E-state index >= 15 is 0 Å². The number of rotatable bonds is 4. The Hall–Kier alpha value is -3.25. The molecule has 1 aromatic heterocycles. The molecule has 0 saturated carbocycles. The topological polar surface area (TPSA) is 38.1 Å². The van der Waals surface area contributed by atoms with E-state index in [-0.39, 0.29) is 12.1 Å². The molecule has 7 heteroatoms. The van der Waals surface area contributed by atoms with Crippen LogP contribution in [0.25, 0.3) is 16.7 Å². The number of imidazole rings is 1. The third-order valence-corrected chi connectivity index (χ3v) is 4.82. The lowest BCUT2D eigenvalue weighted by Gasteiger charge is -2.18. The summed E-state index contributed by atoms with van der Waals surface area (Å²) < 4.78 is 29.4. The van der Waals surface area contributed by atoms with Crippen molar-refractivity contribution in [2.75, 3.05) is 7.05 Å². The number of hydrogen-bond acceptors (Lipinski definition) is 2. The predicted octanol–water partition coefficient (Wildman–Crippen LogP) is 5.23. The quantitative estimate of drug-likeness (QED) is 0.461. The lowest BCUT2D eigenvalue weighted by molar-refractivity contribution is 0.0776. The van der Waals surface area contributed by atoms with E-state index in [2.05, 4.69) is 4.98 Å². The molecule has 3 aromatic carbocycles. The number of benzene rings is 3. The van der Waals surface area contributed by atoms with Crippen molar-refractivity contribution in [1.29, 1.82) is 0 Å². The van der Waals surface area contributed by atoms with Crippen molar-refractivity contribution in [3.05, 3.63) is 94.8 Å². The summed E-state index contributed by atoms with van der Waals surface area (Å²) in [5, 5.41) is 0.562. The first kappa shape index (κ1) is 19.1. The third kappa shape index (κ3) is 3.71. The van der Waals surface area contributed by atoms with Crippen molar-refractivity contribution >= 4 is 28.5 Å². The van der Waals surface area contributed by atoms with E-state index in [1.165, 1.54) is 11.9 Å². The Kier molecular flexibility index (Phi) is 5.03. The minimum atomic E-state index is -0.772. The molecule has 4 rings (SSSR count). The van der Waals surface area contributed by atoms with E-state index in [0.29, 0.717) is 16.4 Å². The SMILES string of the molecule is CN(Cc1nc2ccc(Cl)cc2n1-c1ccccc1)C(=O)c1cc(F)ccc1F. The zero-order chi connectivity index (χ0) is 20.5. The van der Waals surface area contributed by atoms with E-state index in [4.69, 9.17) is 11.6 Å². The number of halogens is 3. The van der Waals surface area contributed by atoms with E-state index in [9.17, 15) is 13.6 Å². The van der Waals surface area contributed by atoms with Gasteiger partial charge in [-0.2, -0.15) is 0 Å². The molecule has 0 saturated heterocycles. The minimum Gasteiger partial charge on any atom is -0.334 e. The average molecular weight is 412 g/mol. The second kappa shape index (κ2) is 7.64. The zero-order valence-corrected chi connectivity index (χ0v) is 16.2. The molecule has 0 atom stereocenters. The van der Waals surface area contributed by atoms with Crippen molar-refractivity contribution in [2.24, 2.45) is 0 Å². The number of nitrogens with zero attached hydrogens (tertiary/aromatic N) is 3. The Labute approximate surface area is 171 Å². The maximum atomic E-state index is 14.0. The van der Waals surface area contributed by atoms with Crippen LogP contribution in [0.3, 0.4) is 0 Å². The molecule has 29 heavy (non-hydrogen) atoms. The first-order chi connectivity index (χ1) is 13.9. The largest absolute Gasteiger partial charge is 0.334 e. The van der Waals surface area contributed by atoms with Crippen molar-refractivity contribution in [3.63, 3.8) is 0 Å². The Morgan fingerprint density at radius 2 is 1.83 bits per heavy atom. The molecule has 0 fully saturated rings. The summed E-state index contributed by atoms with van der Waals surface area (Å²) in [5.74, 6) is -1.51. The summed E-state index contributed by atoms with van der Waals surface area (Å²) in [6.45, 7) is 0.0932. The summed E-state index contributed by atoms with van der Waals surface area (Å²) in [7, 11) is 1.52. The molecule has 0 aliphatic carbocycles. The molecule has 0 unspecified atom stereocenters. The molecule has 4 nitrogen and oxygen atoms in total. The van der Waals surface area contributed by atoms with Gasteiger partial charge in [0.25, 0.3) is 5.91 Å². The standard InChI is InChI=1S/C22H16ClF2N3O/c1-27(22(29)17-12-15(24)8-9-18(17)25)13-21-26-19-10-7-14(23)11-20(19)28(21)16-5-3-2-4-6-16/h2-12H,13H2,1H3. The second-order valence-corrected chi connectivity index (χ2v) is 7.05. The van der Waals surface area contributed by atoms with Gasteiger partial charge in [-0.05, 0) is 48.5 Å². The molecule has 0 aliphatic heterocycles. The number of fused-ring (bicyclic) bond motifs is 1. The van der Waals surface area contributed by atoms with Crippen LogP contribution in [0.4, 0.5) is 8.78 Å². The number of amides is 1. The fourth-order valence-corrected chi connectivity index (χ4v) is 3.39. The van der Waals surface area contributed by atoms with Crippen LogP contribution in [-0.2, 0) is 6.54 Å². The molecule has 146 valence electrons. The predicted molar refractivity (Wildman–Crippen MR) is 108 cm³/mol. The molecule has 0 N–H and O–H groups in total. The first-order valence-corrected chi connectivity index (χ1v) is 9.24. The minimum absolute atomic E-state index is 0.0932. The molecular weight excluding hydrogens is 396 g/mol. The van der Waals surface area contributed by atoms with Crippen LogP contribution < -0.4 is 0 Å². The normalized spacial score (nSPS) is 11.0. The van der Waals surface area contributed by atoms with Crippen LogP contribution in [-0.4, -0.2) is 27.4 Å². The van der Waals surface area contributed by atoms with E-state index in [1.807, 2.05) is 34.9 Å². The smallest absolute Gasteiger partial charge is 0.257 e. The number of para-hydroxylation sites is 1. The van der Waals surface area contributed by atoms with Gasteiger partial charge in [0.2, 0.25) is 0 Å². The Morgan fingerprint density at radius 3 is 2.59 bits per heavy atom. The highest BCUT2D eigenvalue weighted by molar-refractivity contribution is 6.31. The van der Waals surface area contributed by atoms with Gasteiger partial charge in [0.15, 0.2) is 0 Å². The molecule has 4 aromatic rings. The summed E-state index contributed by atoms with van der Waals surface area (Å²) in [4.78, 5) is 18.6. The molecule has 0 bridgehead atoms. The monoisotopic (exact) mass is 411 g/mol. The van der Waals surface area contributed by atoms with Gasteiger partial charge in [-0.15, -0.1) is 0 Å². The number of carbonyl (C=O) groups is 1. The molecule has 0 aliphatic rings. The van der Waals surface area contributed by atoms with Gasteiger partial charge in [0.1, 0.15) is 17.5 Å². The Bertz CT molecular complexity index is 1210. The summed E-state index contributed by atoms with van der Waals surface area (Å²) in [5.41, 5.74) is 2.03. The number of carbonyl (C=O) groups excluding carboxylic acids is 1. The van der Waals surface area contributed by atoms with Gasteiger partial charge >= 0.3 is 0 Å². The molecular formula is C22H16ClF2N3O. The molecule has 0 spiro atoms. The highest BCUT2D eigenvalue weighted by Gasteiger charge is 2.21. The van der Waals surface area contributed by atoms with Crippen molar-refractivity contribution in [1.82, 2.24) is 14.5 Å². The molecule has 0 radical (unpaired) electrons. The van der Waals surface area contributed by atoms with Crippen LogP contribution in [0.1, 0.15) is 16.2 Å². The van der Waals surface area contributed by atoms with Gasteiger partial charge in [-0.25, -0.2) is 13.8 Å². The van der Waals surface area contributed by atoms with Crippen LogP contribution in [0, 0.1) is 11.6 Å². The van der Waals surface area contributed by atoms with Gasteiger partial charge in [-0.3, -0.25) is 9.36 Å². The highest BCUT2D eigenvalue weighted by Crippen LogP contribution is 2.25. The van der Waals surface area contributed by atoms with Crippen LogP contribution in [0.2, 0.25) is 5.02 Å². The van der Waals surface area contributed by atoms with E-state index < -0.39 is 17.5 Å². The summed E-state index contributed by atoms with van der Waals surface area (Å²) in [6, 6.07) is 17.7. The van der Waals surface area contributed by atoms with Crippen molar-refractivity contribution < 1.29 is 13.6 Å². The molecule has 1 heterocycles. The average Bonchev–Trinajstić information content (AvgIpc) is 3.06. The fraction of sp³-hybridized carbons (Fsp3) is 0.0909. The maximum Gasteiger partial charge on any atom is 0.257 e. The third-order valence-electron chi connectivity index (χ3n) is 4.58. The highest BCUT2D eigenvalue weighted by atomic mass is 35.5. The van der Waals surface area contributed by atoms with Crippen LogP contribution in [0.5, 0.6) is 0 Å². The lowest BCUT2D eigenvalue weighted by Crippen LogP contribution is -2.28. The number of hydrogen-bond donors (Lipinski definition) is 0. The molecule has 1 amide bonds. The van der Waals surface area contributed by atoms with Gasteiger partial charge in [0.05, 0.1) is 23.1 Å². The maximum absolute atomic E-state index is 14.0. The van der Waals surface area contributed by atoms with Crippen LogP contribution in [0.15, 0.2) is 66.7 Å². The Balaban J connectivity index is 1.76. The van der Waals surface area contributed by atoms with Crippen molar-refractivity contribution in [2.45, 2.75) is 6.54 Å². The zero-order valence-electron chi connectivity index (χ0n) is 15.4. The van der Waals surface area contributed by atoms with Crippen LogP contribution >= 0.6 is 11.6 Å². The van der Waals surface area contributed by atoms with Gasteiger partial charge in [-0.1, -0.05) is 29.8 Å². The fourth-order valence-electron chi connectivity index (χ4n) is 3.22. The lowest BCUT2D eigenvalue weighted by atomic mass is 10.2. The summed E-state index contributed by atoms with van der Waals surface area (Å²) in [6.07, 6.45) is 0. The summed E-state index contributed by atoms with van der Waals surface area (Å²) >= 11 is 6.17. The van der Waals surface area contributed by atoms with Crippen molar-refractivity contribution in [3.8, 4) is 5.69 Å². The van der Waals surface area contributed by atoms with Gasteiger partial charge in [0, 0.05) is 17.8 Å². The number of aromatic nitrogens is 2. The Morgan fingerprint density at radius 1 is 1.07 bits per heavy atom.